The molecule has 0 saturated carbocycles. The average Bonchev–Trinajstić information content (AvgIpc) is 2.87. The molecule has 2 aliphatic rings. The maximum atomic E-state index is 10.6. The Labute approximate surface area is 123 Å². The summed E-state index contributed by atoms with van der Waals surface area (Å²) in [5.74, 6) is -0.266. The second kappa shape index (κ2) is 5.01. The van der Waals surface area contributed by atoms with Gasteiger partial charge < -0.3 is 14.7 Å². The number of carbonyl (C=O) groups is 1. The first kappa shape index (κ1) is 13.8. The number of nitriles is 1. The van der Waals surface area contributed by atoms with Gasteiger partial charge in [0.05, 0.1) is 18.7 Å². The number of hydrogen-bond acceptors (Lipinski definition) is 5. The van der Waals surface area contributed by atoms with E-state index in [1.807, 2.05) is 17.9 Å². The van der Waals surface area contributed by atoms with E-state index in [1.165, 1.54) is 5.56 Å². The topological polar surface area (TPSA) is 86.5 Å². The van der Waals surface area contributed by atoms with E-state index >= 15 is 0 Å². The molecule has 1 N–H and O–H groups in total. The molecule has 0 radical (unpaired) electrons. The SMILES string of the molecule is CC1(OCC(=O)O)CN(c2nc3c(cc2C#N)CCC3)C1. The molecular formula is C15H17N3O3. The summed E-state index contributed by atoms with van der Waals surface area (Å²) in [6, 6.07) is 4.16. The van der Waals surface area contributed by atoms with Crippen LogP contribution in [0.4, 0.5) is 5.82 Å². The number of fused-ring (bicyclic) bond motifs is 1. The van der Waals surface area contributed by atoms with Crippen LogP contribution in [0.1, 0.15) is 30.2 Å². The van der Waals surface area contributed by atoms with Crippen molar-refractivity contribution in [3.8, 4) is 6.07 Å². The molecular weight excluding hydrogens is 270 g/mol. The van der Waals surface area contributed by atoms with Gasteiger partial charge in [-0.3, -0.25) is 0 Å². The Morgan fingerprint density at radius 2 is 2.33 bits per heavy atom. The minimum atomic E-state index is -0.969. The number of nitrogens with zero attached hydrogens (tertiary/aromatic N) is 3. The fraction of sp³-hybridized carbons (Fsp3) is 0.533. The minimum Gasteiger partial charge on any atom is -0.480 e. The van der Waals surface area contributed by atoms with Crippen LogP contribution in [0.3, 0.4) is 0 Å². The number of carboxylic acids is 1. The van der Waals surface area contributed by atoms with Crippen molar-refractivity contribution in [2.75, 3.05) is 24.6 Å². The van der Waals surface area contributed by atoms with Crippen molar-refractivity contribution in [2.24, 2.45) is 0 Å². The van der Waals surface area contributed by atoms with E-state index in [0.29, 0.717) is 24.5 Å². The van der Waals surface area contributed by atoms with Gasteiger partial charge in [0.25, 0.3) is 0 Å². The first-order chi connectivity index (χ1) is 10.0. The Morgan fingerprint density at radius 3 is 3.00 bits per heavy atom. The van der Waals surface area contributed by atoms with Crippen LogP contribution in [0.25, 0.3) is 0 Å². The molecule has 0 amide bonds. The molecule has 0 aromatic carbocycles. The minimum absolute atomic E-state index is 0.299. The van der Waals surface area contributed by atoms with Crippen molar-refractivity contribution in [1.29, 1.82) is 5.26 Å². The summed E-state index contributed by atoms with van der Waals surface area (Å²) in [4.78, 5) is 17.2. The predicted octanol–water partition coefficient (Wildman–Crippen LogP) is 1.12. The fourth-order valence-electron chi connectivity index (χ4n) is 3.02. The number of aliphatic carboxylic acids is 1. The molecule has 1 fully saturated rings. The molecule has 0 bridgehead atoms. The number of hydrogen-bond donors (Lipinski definition) is 1. The van der Waals surface area contributed by atoms with Crippen LogP contribution >= 0.6 is 0 Å². The van der Waals surface area contributed by atoms with E-state index in [-0.39, 0.29) is 6.61 Å². The van der Waals surface area contributed by atoms with Crippen LogP contribution < -0.4 is 4.90 Å². The Bertz CT molecular complexity index is 630. The lowest BCUT2D eigenvalue weighted by atomic mass is 9.95. The number of rotatable bonds is 4. The molecule has 6 heteroatoms. The molecule has 21 heavy (non-hydrogen) atoms. The molecule has 1 aromatic rings. The number of aryl methyl sites for hydroxylation is 2. The van der Waals surface area contributed by atoms with Gasteiger partial charge in [-0.15, -0.1) is 0 Å². The number of carboxylic acid groups (broad SMARTS) is 1. The number of pyridine rings is 1. The number of ether oxygens (including phenoxy) is 1. The van der Waals surface area contributed by atoms with Gasteiger partial charge in [-0.2, -0.15) is 5.26 Å². The van der Waals surface area contributed by atoms with Gasteiger partial charge in [0, 0.05) is 5.69 Å². The number of aromatic nitrogens is 1. The molecule has 1 aromatic heterocycles. The molecule has 2 heterocycles. The molecule has 3 rings (SSSR count). The Balaban J connectivity index is 1.75. The molecule has 6 nitrogen and oxygen atoms in total. The maximum absolute atomic E-state index is 10.6. The van der Waals surface area contributed by atoms with Gasteiger partial charge in [-0.25, -0.2) is 9.78 Å². The predicted molar refractivity (Wildman–Crippen MR) is 75.2 cm³/mol. The summed E-state index contributed by atoms with van der Waals surface area (Å²) in [5.41, 5.74) is 2.38. The van der Waals surface area contributed by atoms with E-state index in [9.17, 15) is 10.1 Å². The maximum Gasteiger partial charge on any atom is 0.329 e. The molecule has 1 aliphatic heterocycles. The molecule has 110 valence electrons. The zero-order chi connectivity index (χ0) is 15.0. The Kier molecular flexibility index (Phi) is 3.30. The lowest BCUT2D eigenvalue weighted by Crippen LogP contribution is -2.62. The molecule has 1 aliphatic carbocycles. The van der Waals surface area contributed by atoms with Crippen molar-refractivity contribution in [3.05, 3.63) is 22.9 Å². The Hall–Kier alpha value is -2.13. The van der Waals surface area contributed by atoms with E-state index in [1.54, 1.807) is 0 Å². The van der Waals surface area contributed by atoms with Crippen LogP contribution in [0, 0.1) is 11.3 Å². The zero-order valence-electron chi connectivity index (χ0n) is 11.9. The number of anilines is 1. The first-order valence-electron chi connectivity index (χ1n) is 7.04. The fourth-order valence-corrected chi connectivity index (χ4v) is 3.02. The highest BCUT2D eigenvalue weighted by atomic mass is 16.5. The third kappa shape index (κ3) is 2.57. The van der Waals surface area contributed by atoms with Gasteiger partial charge >= 0.3 is 5.97 Å². The molecule has 0 spiro atoms. The van der Waals surface area contributed by atoms with E-state index in [2.05, 4.69) is 11.1 Å². The van der Waals surface area contributed by atoms with Crippen molar-refractivity contribution >= 4 is 11.8 Å². The highest BCUT2D eigenvalue weighted by Crippen LogP contribution is 2.33. The summed E-state index contributed by atoms with van der Waals surface area (Å²) in [6.07, 6.45) is 3.06. The van der Waals surface area contributed by atoms with Gasteiger partial charge in [-0.05, 0) is 37.8 Å². The average molecular weight is 287 g/mol. The van der Waals surface area contributed by atoms with Crippen LogP contribution in [0.15, 0.2) is 6.07 Å². The van der Waals surface area contributed by atoms with Crippen LogP contribution in [0.5, 0.6) is 0 Å². The largest absolute Gasteiger partial charge is 0.480 e. The lowest BCUT2D eigenvalue weighted by molar-refractivity contribution is -0.150. The van der Waals surface area contributed by atoms with Crippen LogP contribution in [0.2, 0.25) is 0 Å². The summed E-state index contributed by atoms with van der Waals surface area (Å²) in [6.45, 7) is 2.69. The van der Waals surface area contributed by atoms with Gasteiger partial charge in [0.2, 0.25) is 0 Å². The third-order valence-corrected chi connectivity index (χ3v) is 4.05. The zero-order valence-corrected chi connectivity index (χ0v) is 11.9. The highest BCUT2D eigenvalue weighted by Gasteiger charge is 2.42. The van der Waals surface area contributed by atoms with Crippen molar-refractivity contribution in [3.63, 3.8) is 0 Å². The molecule has 1 saturated heterocycles. The lowest BCUT2D eigenvalue weighted by Gasteiger charge is -2.48. The van der Waals surface area contributed by atoms with Gasteiger partial charge in [-0.1, -0.05) is 0 Å². The van der Waals surface area contributed by atoms with Crippen LogP contribution in [-0.2, 0) is 22.4 Å². The monoisotopic (exact) mass is 287 g/mol. The van der Waals surface area contributed by atoms with Gasteiger partial charge in [0.1, 0.15) is 24.1 Å². The van der Waals surface area contributed by atoms with E-state index in [4.69, 9.17) is 9.84 Å². The summed E-state index contributed by atoms with van der Waals surface area (Å²) >= 11 is 0. The normalized spacial score (nSPS) is 18.8. The van der Waals surface area contributed by atoms with E-state index in [0.717, 1.165) is 25.0 Å². The van der Waals surface area contributed by atoms with Crippen LogP contribution in [-0.4, -0.2) is 41.4 Å². The van der Waals surface area contributed by atoms with Crippen molar-refractivity contribution < 1.29 is 14.6 Å². The van der Waals surface area contributed by atoms with Crippen molar-refractivity contribution in [1.82, 2.24) is 4.98 Å². The van der Waals surface area contributed by atoms with Gasteiger partial charge in [0.15, 0.2) is 0 Å². The summed E-state index contributed by atoms with van der Waals surface area (Å²) in [7, 11) is 0. The highest BCUT2D eigenvalue weighted by molar-refractivity contribution is 5.68. The second-order valence-electron chi connectivity index (χ2n) is 5.92. The second-order valence-corrected chi connectivity index (χ2v) is 5.92. The van der Waals surface area contributed by atoms with E-state index < -0.39 is 11.6 Å². The Morgan fingerprint density at radius 1 is 1.57 bits per heavy atom. The molecule has 0 unspecified atom stereocenters. The third-order valence-electron chi connectivity index (χ3n) is 4.05. The quantitative estimate of drug-likeness (QED) is 0.893. The molecule has 0 atom stereocenters. The standard InChI is InChI=1S/C15H17N3O3/c1-15(21-7-13(19)20)8-18(9-15)14-11(6-16)5-10-3-2-4-12(10)17-14/h5H,2-4,7-9H2,1H3,(H,19,20). The van der Waals surface area contributed by atoms with Crippen molar-refractivity contribution in [2.45, 2.75) is 31.8 Å². The summed E-state index contributed by atoms with van der Waals surface area (Å²) < 4.78 is 5.39. The smallest absolute Gasteiger partial charge is 0.329 e. The summed E-state index contributed by atoms with van der Waals surface area (Å²) in [5, 5.41) is 18.0. The first-order valence-corrected chi connectivity index (χ1v) is 7.04.